The summed E-state index contributed by atoms with van der Waals surface area (Å²) in [7, 11) is 0. The number of benzene rings is 1. The lowest BCUT2D eigenvalue weighted by atomic mass is 10.1. The molecule has 1 saturated heterocycles. The average Bonchev–Trinajstić information content (AvgIpc) is 2.40. The summed E-state index contributed by atoms with van der Waals surface area (Å²) in [6.07, 6.45) is 0. The van der Waals surface area contributed by atoms with Gasteiger partial charge in [0.15, 0.2) is 6.04 Å². The molecule has 6 heteroatoms. The number of carbonyl (C=O) groups is 2. The Morgan fingerprint density at radius 3 is 2.89 bits per heavy atom. The molecule has 1 aliphatic heterocycles. The summed E-state index contributed by atoms with van der Waals surface area (Å²) >= 11 is 2.09. The summed E-state index contributed by atoms with van der Waals surface area (Å²) in [6, 6.07) is 4.67. The van der Waals surface area contributed by atoms with Gasteiger partial charge in [0.25, 0.3) is 5.91 Å². The van der Waals surface area contributed by atoms with Gasteiger partial charge in [-0.15, -0.1) is 0 Å². The molecule has 1 N–H and O–H groups in total. The summed E-state index contributed by atoms with van der Waals surface area (Å²) < 4.78 is 5.96. The number of rotatable bonds is 2. The van der Waals surface area contributed by atoms with Crippen LogP contribution in [-0.2, 0) is 9.53 Å². The highest BCUT2D eigenvalue weighted by Crippen LogP contribution is 2.19. The van der Waals surface area contributed by atoms with Gasteiger partial charge in [-0.05, 0) is 41.6 Å². The number of amides is 1. The zero-order valence-corrected chi connectivity index (χ0v) is 12.6. The van der Waals surface area contributed by atoms with E-state index in [0.717, 1.165) is 9.13 Å². The molecule has 0 radical (unpaired) electrons. The van der Waals surface area contributed by atoms with Crippen molar-refractivity contribution in [1.82, 2.24) is 4.90 Å². The third kappa shape index (κ3) is 3.06. The summed E-state index contributed by atoms with van der Waals surface area (Å²) in [5.41, 5.74) is 1.53. The van der Waals surface area contributed by atoms with Crippen LogP contribution >= 0.6 is 22.6 Å². The predicted molar refractivity (Wildman–Crippen MR) is 77.2 cm³/mol. The number of hydrogen-bond acceptors (Lipinski definition) is 3. The van der Waals surface area contributed by atoms with Crippen molar-refractivity contribution in [3.8, 4) is 0 Å². The lowest BCUT2D eigenvalue weighted by molar-refractivity contribution is -0.147. The van der Waals surface area contributed by atoms with Gasteiger partial charge in [-0.25, -0.2) is 4.79 Å². The highest BCUT2D eigenvalue weighted by atomic mass is 127. The maximum absolute atomic E-state index is 12.5. The van der Waals surface area contributed by atoms with Crippen LogP contribution < -0.4 is 0 Å². The van der Waals surface area contributed by atoms with Gasteiger partial charge in [0, 0.05) is 10.1 Å². The number of nitrogens with zero attached hydrogens (tertiary/aromatic N) is 1. The smallest absolute Gasteiger partial charge is 0.328 e. The highest BCUT2D eigenvalue weighted by molar-refractivity contribution is 14.1. The van der Waals surface area contributed by atoms with Crippen LogP contribution in [0.5, 0.6) is 0 Å². The standard InChI is InChI=1S/C13H14INO4/c1-8-2-3-10(14)9(6-8)12(16)15-4-5-19-7-11(15)13(17)18/h2-3,6,11H,4-5,7H2,1H3,(H,17,18). The maximum Gasteiger partial charge on any atom is 0.328 e. The molecule has 1 aromatic rings. The zero-order chi connectivity index (χ0) is 14.0. The third-order valence-electron chi connectivity index (χ3n) is 3.03. The zero-order valence-electron chi connectivity index (χ0n) is 10.4. The second-order valence-corrected chi connectivity index (χ2v) is 5.57. The molecule has 0 bridgehead atoms. The minimum Gasteiger partial charge on any atom is -0.480 e. The average molecular weight is 375 g/mol. The van der Waals surface area contributed by atoms with Crippen LogP contribution in [-0.4, -0.2) is 47.7 Å². The predicted octanol–water partition coefficient (Wildman–Crippen LogP) is 1.53. The Balaban J connectivity index is 2.31. The van der Waals surface area contributed by atoms with Crippen LogP contribution in [0, 0.1) is 10.5 Å². The molecule has 19 heavy (non-hydrogen) atoms. The first kappa shape index (κ1) is 14.3. The molecule has 1 unspecified atom stereocenters. The Hall–Kier alpha value is -1.15. The number of carbonyl (C=O) groups excluding carboxylic acids is 1. The fraction of sp³-hybridized carbons (Fsp3) is 0.385. The molecular weight excluding hydrogens is 361 g/mol. The van der Waals surface area contributed by atoms with E-state index in [0.29, 0.717) is 18.7 Å². The number of carboxylic acids is 1. The molecule has 0 aliphatic carbocycles. The van der Waals surface area contributed by atoms with Crippen LogP contribution in [0.15, 0.2) is 18.2 Å². The minimum absolute atomic E-state index is 0.0451. The fourth-order valence-corrected chi connectivity index (χ4v) is 2.58. The second kappa shape index (κ2) is 5.87. The minimum atomic E-state index is -1.03. The topological polar surface area (TPSA) is 66.8 Å². The largest absolute Gasteiger partial charge is 0.480 e. The van der Waals surface area contributed by atoms with Crippen molar-refractivity contribution in [3.63, 3.8) is 0 Å². The van der Waals surface area contributed by atoms with E-state index in [4.69, 9.17) is 9.84 Å². The third-order valence-corrected chi connectivity index (χ3v) is 3.97. The fourth-order valence-electron chi connectivity index (χ4n) is 2.01. The summed E-state index contributed by atoms with van der Waals surface area (Å²) in [5.74, 6) is -1.28. The summed E-state index contributed by atoms with van der Waals surface area (Å²) in [4.78, 5) is 25.0. The molecule has 0 spiro atoms. The van der Waals surface area contributed by atoms with E-state index < -0.39 is 12.0 Å². The van der Waals surface area contributed by atoms with Crippen molar-refractivity contribution in [2.75, 3.05) is 19.8 Å². The number of aryl methyl sites for hydroxylation is 1. The lowest BCUT2D eigenvalue weighted by Gasteiger charge is -2.33. The quantitative estimate of drug-likeness (QED) is 0.797. The molecule has 1 atom stereocenters. The molecule has 5 nitrogen and oxygen atoms in total. The molecule has 1 aromatic carbocycles. The molecule has 0 saturated carbocycles. The van der Waals surface area contributed by atoms with E-state index in [1.165, 1.54) is 4.90 Å². The van der Waals surface area contributed by atoms with Gasteiger partial charge < -0.3 is 14.7 Å². The van der Waals surface area contributed by atoms with Crippen LogP contribution in [0.4, 0.5) is 0 Å². The number of morpholine rings is 1. The Labute approximate surface area is 124 Å². The molecule has 102 valence electrons. The number of hydrogen-bond donors (Lipinski definition) is 1. The van der Waals surface area contributed by atoms with Gasteiger partial charge in [0.05, 0.1) is 18.8 Å². The first-order valence-corrected chi connectivity index (χ1v) is 6.96. The van der Waals surface area contributed by atoms with E-state index in [1.807, 2.05) is 19.1 Å². The number of carboxylic acid groups (broad SMARTS) is 1. The molecule has 1 fully saturated rings. The Morgan fingerprint density at radius 1 is 1.47 bits per heavy atom. The SMILES string of the molecule is Cc1ccc(I)c(C(=O)N2CCOCC2C(=O)O)c1. The summed E-state index contributed by atoms with van der Waals surface area (Å²) in [6.45, 7) is 2.63. The van der Waals surface area contributed by atoms with Gasteiger partial charge in [-0.1, -0.05) is 11.6 Å². The van der Waals surface area contributed by atoms with Crippen LogP contribution in [0.2, 0.25) is 0 Å². The van der Waals surface area contributed by atoms with Crippen LogP contribution in [0.3, 0.4) is 0 Å². The summed E-state index contributed by atoms with van der Waals surface area (Å²) in [5, 5.41) is 9.15. The van der Waals surface area contributed by atoms with Crippen LogP contribution in [0.1, 0.15) is 15.9 Å². The monoisotopic (exact) mass is 375 g/mol. The van der Waals surface area contributed by atoms with E-state index in [2.05, 4.69) is 22.6 Å². The lowest BCUT2D eigenvalue weighted by Crippen LogP contribution is -2.52. The van der Waals surface area contributed by atoms with Gasteiger partial charge in [0.1, 0.15) is 0 Å². The van der Waals surface area contributed by atoms with E-state index in [-0.39, 0.29) is 12.5 Å². The van der Waals surface area contributed by atoms with Crippen molar-refractivity contribution in [2.24, 2.45) is 0 Å². The van der Waals surface area contributed by atoms with Crippen molar-refractivity contribution in [1.29, 1.82) is 0 Å². The van der Waals surface area contributed by atoms with Crippen LogP contribution in [0.25, 0.3) is 0 Å². The number of halogens is 1. The van der Waals surface area contributed by atoms with E-state index in [9.17, 15) is 9.59 Å². The van der Waals surface area contributed by atoms with Gasteiger partial charge in [0.2, 0.25) is 0 Å². The Bertz CT molecular complexity index is 517. The van der Waals surface area contributed by atoms with Gasteiger partial charge >= 0.3 is 5.97 Å². The van der Waals surface area contributed by atoms with Crippen molar-refractivity contribution < 1.29 is 19.4 Å². The van der Waals surface area contributed by atoms with Gasteiger partial charge in [-0.2, -0.15) is 0 Å². The van der Waals surface area contributed by atoms with Gasteiger partial charge in [-0.3, -0.25) is 4.79 Å². The second-order valence-electron chi connectivity index (χ2n) is 4.41. The van der Waals surface area contributed by atoms with E-state index in [1.54, 1.807) is 6.07 Å². The maximum atomic E-state index is 12.5. The Morgan fingerprint density at radius 2 is 2.21 bits per heavy atom. The number of ether oxygens (including phenoxy) is 1. The first-order valence-electron chi connectivity index (χ1n) is 5.88. The molecule has 0 aromatic heterocycles. The van der Waals surface area contributed by atoms with E-state index >= 15 is 0 Å². The molecule has 1 aliphatic rings. The molecule has 1 heterocycles. The van der Waals surface area contributed by atoms with Crippen molar-refractivity contribution in [2.45, 2.75) is 13.0 Å². The molecule has 1 amide bonds. The first-order chi connectivity index (χ1) is 9.00. The van der Waals surface area contributed by atoms with Crippen molar-refractivity contribution in [3.05, 3.63) is 32.9 Å². The highest BCUT2D eigenvalue weighted by Gasteiger charge is 2.33. The van der Waals surface area contributed by atoms with Crippen molar-refractivity contribution >= 4 is 34.5 Å². The normalized spacial score (nSPS) is 19.3. The number of aliphatic carboxylic acids is 1. The molecule has 2 rings (SSSR count). The molecular formula is C13H14INO4. The Kier molecular flexibility index (Phi) is 4.41.